The molecule has 2 heterocycles. The van der Waals surface area contributed by atoms with E-state index in [2.05, 4.69) is 0 Å². The molecular weight excluding hydrogens is 347 g/mol. The Hall–Kier alpha value is -2.02. The number of alkyl halides is 3. The van der Waals surface area contributed by atoms with Crippen LogP contribution in [-0.4, -0.2) is 22.2 Å². The van der Waals surface area contributed by atoms with Crippen molar-refractivity contribution in [2.24, 2.45) is 0 Å². The number of carbonyl (C=O) groups is 1. The van der Waals surface area contributed by atoms with Gasteiger partial charge in [0.15, 0.2) is 0 Å². The van der Waals surface area contributed by atoms with Gasteiger partial charge < -0.3 is 14.4 Å². The molecule has 4 nitrogen and oxygen atoms in total. The summed E-state index contributed by atoms with van der Waals surface area (Å²) in [6, 6.07) is 2.77. The molecule has 1 aliphatic carbocycles. The molecule has 1 aromatic heterocycles. The maximum absolute atomic E-state index is 13.7. The van der Waals surface area contributed by atoms with E-state index in [9.17, 15) is 23.1 Å². The van der Waals surface area contributed by atoms with Crippen LogP contribution in [0.25, 0.3) is 10.9 Å². The minimum absolute atomic E-state index is 0.112. The molecule has 0 bridgehead atoms. The van der Waals surface area contributed by atoms with Gasteiger partial charge in [-0.3, -0.25) is 4.79 Å². The average Bonchev–Trinajstić information content (AvgIpc) is 2.81. The first-order valence-corrected chi connectivity index (χ1v) is 8.86. The summed E-state index contributed by atoms with van der Waals surface area (Å²) in [6.45, 7) is 2.05. The van der Waals surface area contributed by atoms with Gasteiger partial charge in [-0.25, -0.2) is 0 Å². The van der Waals surface area contributed by atoms with E-state index in [0.29, 0.717) is 23.2 Å². The zero-order chi connectivity index (χ0) is 18.6. The number of hydrogen-bond acceptors (Lipinski definition) is 2. The summed E-state index contributed by atoms with van der Waals surface area (Å²) >= 11 is 0. The number of rotatable bonds is 3. The molecule has 1 saturated carbocycles. The van der Waals surface area contributed by atoms with E-state index in [-0.39, 0.29) is 24.5 Å². The van der Waals surface area contributed by atoms with Crippen molar-refractivity contribution in [1.29, 1.82) is 0 Å². The fourth-order valence-electron chi connectivity index (χ4n) is 4.26. The first kappa shape index (κ1) is 17.4. The molecule has 0 saturated heterocycles. The highest BCUT2D eigenvalue weighted by molar-refractivity contribution is 5.92. The summed E-state index contributed by atoms with van der Waals surface area (Å²) < 4.78 is 48.7. The number of aryl methyl sites for hydroxylation is 1. The fourth-order valence-corrected chi connectivity index (χ4v) is 4.26. The Morgan fingerprint density at radius 3 is 2.65 bits per heavy atom. The van der Waals surface area contributed by atoms with Crippen LogP contribution in [0.1, 0.15) is 60.2 Å². The Morgan fingerprint density at radius 1 is 1.35 bits per heavy atom. The SMILES string of the molecule is Cc1ccc(C(F)(F)F)c2c3c(n(C4CCC4)c12)C(CC(=O)O)OCC3. The van der Waals surface area contributed by atoms with Gasteiger partial charge in [-0.15, -0.1) is 0 Å². The molecule has 1 atom stereocenters. The number of carboxylic acids is 1. The van der Waals surface area contributed by atoms with Crippen LogP contribution in [0.4, 0.5) is 13.2 Å². The standard InChI is InChI=1S/C19H20F3NO3/c1-10-5-6-13(19(20,21)22)16-12-7-8-26-14(9-15(24)25)18(12)23(17(10)16)11-3-2-4-11/h5-6,11,14H,2-4,7-9H2,1H3,(H,24,25). The van der Waals surface area contributed by atoms with Crippen molar-refractivity contribution >= 4 is 16.9 Å². The predicted octanol–water partition coefficient (Wildman–Crippen LogP) is 4.78. The molecule has 26 heavy (non-hydrogen) atoms. The second-order valence-electron chi connectivity index (χ2n) is 7.18. The van der Waals surface area contributed by atoms with Gasteiger partial charge in [0.2, 0.25) is 0 Å². The lowest BCUT2D eigenvalue weighted by Gasteiger charge is -2.33. The summed E-state index contributed by atoms with van der Waals surface area (Å²) in [4.78, 5) is 11.3. The van der Waals surface area contributed by atoms with Crippen molar-refractivity contribution in [3.63, 3.8) is 0 Å². The van der Waals surface area contributed by atoms with Crippen LogP contribution < -0.4 is 0 Å². The van der Waals surface area contributed by atoms with Crippen molar-refractivity contribution in [3.8, 4) is 0 Å². The lowest BCUT2D eigenvalue weighted by atomic mass is 9.91. The number of ether oxygens (including phenoxy) is 1. The van der Waals surface area contributed by atoms with Crippen molar-refractivity contribution < 1.29 is 27.8 Å². The summed E-state index contributed by atoms with van der Waals surface area (Å²) in [5.41, 5.74) is 1.99. The number of carboxylic acid groups (broad SMARTS) is 1. The highest BCUT2D eigenvalue weighted by Gasteiger charge is 2.40. The van der Waals surface area contributed by atoms with Gasteiger partial charge in [-0.2, -0.15) is 13.2 Å². The molecule has 7 heteroatoms. The maximum atomic E-state index is 13.7. The summed E-state index contributed by atoms with van der Waals surface area (Å²) in [6.07, 6.45) is -2.21. The summed E-state index contributed by atoms with van der Waals surface area (Å²) in [7, 11) is 0. The zero-order valence-corrected chi connectivity index (χ0v) is 14.4. The Kier molecular flexibility index (Phi) is 4.02. The number of fused-ring (bicyclic) bond motifs is 3. The molecule has 2 aliphatic rings. The lowest BCUT2D eigenvalue weighted by molar-refractivity contribution is -0.141. The van der Waals surface area contributed by atoms with E-state index in [1.807, 2.05) is 11.5 Å². The fraction of sp³-hybridized carbons (Fsp3) is 0.526. The van der Waals surface area contributed by atoms with Gasteiger partial charge in [-0.05, 0) is 49.8 Å². The van der Waals surface area contributed by atoms with E-state index < -0.39 is 23.8 Å². The van der Waals surface area contributed by atoms with Crippen molar-refractivity contribution in [1.82, 2.24) is 4.57 Å². The molecular formula is C19H20F3NO3. The predicted molar refractivity (Wildman–Crippen MR) is 89.2 cm³/mol. The van der Waals surface area contributed by atoms with Crippen LogP contribution in [0.15, 0.2) is 12.1 Å². The van der Waals surface area contributed by atoms with E-state index in [4.69, 9.17) is 4.74 Å². The number of aliphatic carboxylic acids is 1. The molecule has 1 aliphatic heterocycles. The molecule has 0 spiro atoms. The molecule has 0 radical (unpaired) electrons. The highest BCUT2D eigenvalue weighted by Crippen LogP contribution is 2.48. The minimum Gasteiger partial charge on any atom is -0.481 e. The second kappa shape index (κ2) is 6.01. The van der Waals surface area contributed by atoms with Crippen LogP contribution >= 0.6 is 0 Å². The van der Waals surface area contributed by atoms with Gasteiger partial charge in [0.05, 0.1) is 29.8 Å². The topological polar surface area (TPSA) is 51.5 Å². The van der Waals surface area contributed by atoms with Gasteiger partial charge >= 0.3 is 12.1 Å². The van der Waals surface area contributed by atoms with Gasteiger partial charge in [0.25, 0.3) is 0 Å². The van der Waals surface area contributed by atoms with E-state index in [0.717, 1.165) is 30.9 Å². The number of hydrogen-bond donors (Lipinski definition) is 1. The molecule has 4 rings (SSSR count). The number of aromatic nitrogens is 1. The molecule has 1 aromatic carbocycles. The van der Waals surface area contributed by atoms with Gasteiger partial charge in [0.1, 0.15) is 6.10 Å². The van der Waals surface area contributed by atoms with Crippen molar-refractivity contribution in [2.75, 3.05) is 6.61 Å². The zero-order valence-electron chi connectivity index (χ0n) is 14.4. The lowest BCUT2D eigenvalue weighted by Crippen LogP contribution is -2.26. The molecule has 140 valence electrons. The number of halogens is 3. The Bertz CT molecular complexity index is 881. The normalized spacial score (nSPS) is 20.8. The first-order valence-electron chi connectivity index (χ1n) is 8.86. The molecule has 1 unspecified atom stereocenters. The second-order valence-corrected chi connectivity index (χ2v) is 7.18. The van der Waals surface area contributed by atoms with Crippen LogP contribution in [0.3, 0.4) is 0 Å². The van der Waals surface area contributed by atoms with Crippen molar-refractivity contribution in [3.05, 3.63) is 34.5 Å². The van der Waals surface area contributed by atoms with Gasteiger partial charge in [-0.1, -0.05) is 6.07 Å². The van der Waals surface area contributed by atoms with Crippen LogP contribution in [-0.2, 0) is 22.1 Å². The highest BCUT2D eigenvalue weighted by atomic mass is 19.4. The van der Waals surface area contributed by atoms with E-state index in [1.54, 1.807) is 0 Å². The van der Waals surface area contributed by atoms with E-state index in [1.165, 1.54) is 6.07 Å². The van der Waals surface area contributed by atoms with Crippen LogP contribution in [0.5, 0.6) is 0 Å². The minimum atomic E-state index is -4.45. The van der Waals surface area contributed by atoms with Crippen molar-refractivity contribution in [2.45, 2.75) is 57.3 Å². The average molecular weight is 367 g/mol. The summed E-state index contributed by atoms with van der Waals surface area (Å²) in [5, 5.41) is 9.47. The Balaban J connectivity index is 2.06. The number of nitrogens with zero attached hydrogens (tertiary/aromatic N) is 1. The van der Waals surface area contributed by atoms with Crippen LogP contribution in [0.2, 0.25) is 0 Å². The molecule has 1 fully saturated rings. The molecule has 0 amide bonds. The third-order valence-corrected chi connectivity index (χ3v) is 5.57. The van der Waals surface area contributed by atoms with E-state index >= 15 is 0 Å². The Morgan fingerprint density at radius 2 is 2.08 bits per heavy atom. The summed E-state index contributed by atoms with van der Waals surface area (Å²) in [5.74, 6) is -1.01. The quantitative estimate of drug-likeness (QED) is 0.849. The number of benzene rings is 1. The van der Waals surface area contributed by atoms with Crippen LogP contribution in [0, 0.1) is 6.92 Å². The monoisotopic (exact) mass is 367 g/mol. The van der Waals surface area contributed by atoms with Gasteiger partial charge in [0, 0.05) is 11.4 Å². The third-order valence-electron chi connectivity index (χ3n) is 5.57. The molecule has 2 aromatic rings. The third kappa shape index (κ3) is 2.60. The largest absolute Gasteiger partial charge is 0.481 e. The smallest absolute Gasteiger partial charge is 0.417 e. The molecule has 1 N–H and O–H groups in total. The Labute approximate surface area is 148 Å². The maximum Gasteiger partial charge on any atom is 0.417 e. The first-order chi connectivity index (χ1) is 12.3.